The highest BCUT2D eigenvalue weighted by Gasteiger charge is 2.34. The summed E-state index contributed by atoms with van der Waals surface area (Å²) in [5.41, 5.74) is 0. The molecule has 38 heavy (non-hydrogen) atoms. The lowest BCUT2D eigenvalue weighted by atomic mass is 10.0. The van der Waals surface area contributed by atoms with Crippen LogP contribution >= 0.6 is 0 Å². The van der Waals surface area contributed by atoms with E-state index in [9.17, 15) is 0 Å². The highest BCUT2D eigenvalue weighted by atomic mass is 15.2. The molecule has 226 valence electrons. The average molecular weight is 533 g/mol. The van der Waals surface area contributed by atoms with Crippen molar-refractivity contribution in [2.75, 3.05) is 39.3 Å². The quantitative estimate of drug-likeness (QED) is 0.0884. The first-order valence-electron chi connectivity index (χ1n) is 18.3. The molecule has 0 aromatic rings. The van der Waals surface area contributed by atoms with Crippen LogP contribution in [-0.2, 0) is 0 Å². The predicted octanol–water partition coefficient (Wildman–Crippen LogP) is 11.0. The molecular weight excluding hydrogens is 460 g/mol. The second-order valence-electron chi connectivity index (χ2n) is 13.4. The van der Waals surface area contributed by atoms with Gasteiger partial charge in [-0.15, -0.1) is 0 Å². The van der Waals surface area contributed by atoms with Gasteiger partial charge in [0.2, 0.25) is 0 Å². The Morgan fingerprint density at radius 1 is 0.474 bits per heavy atom. The van der Waals surface area contributed by atoms with Crippen LogP contribution in [-0.4, -0.2) is 49.1 Å². The number of hydrogen-bond donors (Lipinski definition) is 0. The molecule has 1 aliphatic carbocycles. The smallest absolute Gasteiger partial charge is 0.0109 e. The summed E-state index contributed by atoms with van der Waals surface area (Å²) in [7, 11) is 0. The lowest BCUT2D eigenvalue weighted by Crippen LogP contribution is -2.35. The Kier molecular flexibility index (Phi) is 22.2. The van der Waals surface area contributed by atoms with E-state index in [1.54, 1.807) is 19.3 Å². The van der Waals surface area contributed by atoms with Crippen LogP contribution < -0.4 is 0 Å². The third kappa shape index (κ3) is 19.1. The van der Waals surface area contributed by atoms with Crippen LogP contribution in [0.5, 0.6) is 0 Å². The molecule has 2 heteroatoms. The normalized spacial score (nSPS) is 19.7. The number of likely N-dealkylation sites (tertiary alicyclic amines) is 1. The van der Waals surface area contributed by atoms with Crippen LogP contribution in [0.25, 0.3) is 0 Å². The summed E-state index contributed by atoms with van der Waals surface area (Å²) in [5, 5.41) is 0. The first-order valence-corrected chi connectivity index (χ1v) is 18.3. The molecule has 1 saturated heterocycles. The molecule has 2 atom stereocenters. The second-order valence-corrected chi connectivity index (χ2v) is 13.4. The van der Waals surface area contributed by atoms with Gasteiger partial charge in [0, 0.05) is 13.1 Å². The van der Waals surface area contributed by atoms with E-state index in [1.165, 1.54) is 187 Å². The van der Waals surface area contributed by atoms with Crippen molar-refractivity contribution in [2.24, 2.45) is 11.8 Å². The van der Waals surface area contributed by atoms with E-state index in [4.69, 9.17) is 0 Å². The van der Waals surface area contributed by atoms with Crippen molar-refractivity contribution in [3.05, 3.63) is 0 Å². The summed E-state index contributed by atoms with van der Waals surface area (Å²) >= 11 is 0. The standard InChI is InChI=1S/C36H72N2/c1-3-5-7-9-10-14-18-22-28-37(32-33-38-30-24-25-31-38)29-23-19-15-12-11-13-17-21-27-36-34-35(36)26-20-16-8-6-4-2/h35-36H,3-34H2,1-2H3. The third-order valence-corrected chi connectivity index (χ3v) is 9.81. The first-order chi connectivity index (χ1) is 18.8. The molecule has 0 amide bonds. The van der Waals surface area contributed by atoms with Gasteiger partial charge in [0.05, 0.1) is 0 Å². The van der Waals surface area contributed by atoms with Crippen LogP contribution in [0.15, 0.2) is 0 Å². The van der Waals surface area contributed by atoms with Gasteiger partial charge in [-0.2, -0.15) is 0 Å². The molecule has 0 radical (unpaired) electrons. The average Bonchev–Trinajstić information content (AvgIpc) is 3.45. The van der Waals surface area contributed by atoms with Gasteiger partial charge < -0.3 is 9.80 Å². The molecule has 0 N–H and O–H groups in total. The highest BCUT2D eigenvalue weighted by Crippen LogP contribution is 2.45. The number of rotatable bonds is 29. The molecule has 2 nitrogen and oxygen atoms in total. The second kappa shape index (κ2) is 24.7. The van der Waals surface area contributed by atoms with Gasteiger partial charge in [-0.05, 0) is 70.1 Å². The van der Waals surface area contributed by atoms with Gasteiger partial charge in [-0.25, -0.2) is 0 Å². The van der Waals surface area contributed by atoms with E-state index >= 15 is 0 Å². The molecule has 1 saturated carbocycles. The molecule has 0 bridgehead atoms. The van der Waals surface area contributed by atoms with Crippen molar-refractivity contribution in [2.45, 2.75) is 181 Å². The molecule has 2 unspecified atom stereocenters. The van der Waals surface area contributed by atoms with Crippen molar-refractivity contribution in [1.82, 2.24) is 9.80 Å². The maximum absolute atomic E-state index is 2.83. The fraction of sp³-hybridized carbons (Fsp3) is 1.00. The Labute approximate surface area is 241 Å². The summed E-state index contributed by atoms with van der Waals surface area (Å²) < 4.78 is 0. The predicted molar refractivity (Wildman–Crippen MR) is 171 cm³/mol. The van der Waals surface area contributed by atoms with E-state index in [0.29, 0.717) is 0 Å². The van der Waals surface area contributed by atoms with E-state index in [0.717, 1.165) is 11.8 Å². The van der Waals surface area contributed by atoms with Crippen LogP contribution in [0.3, 0.4) is 0 Å². The van der Waals surface area contributed by atoms with Crippen molar-refractivity contribution in [1.29, 1.82) is 0 Å². The van der Waals surface area contributed by atoms with Crippen molar-refractivity contribution >= 4 is 0 Å². The maximum Gasteiger partial charge on any atom is 0.0109 e. The molecule has 2 aliphatic rings. The Balaban J connectivity index is 1.39. The zero-order valence-electron chi connectivity index (χ0n) is 26.7. The van der Waals surface area contributed by atoms with Crippen molar-refractivity contribution in [3.8, 4) is 0 Å². The van der Waals surface area contributed by atoms with E-state index in [2.05, 4.69) is 23.6 Å². The number of hydrogen-bond acceptors (Lipinski definition) is 2. The maximum atomic E-state index is 2.83. The summed E-state index contributed by atoms with van der Waals surface area (Å²) in [6.07, 6.45) is 38.2. The van der Waals surface area contributed by atoms with Crippen LogP contribution in [0, 0.1) is 11.8 Å². The van der Waals surface area contributed by atoms with Gasteiger partial charge in [-0.1, -0.05) is 149 Å². The Bertz CT molecular complexity index is 486. The summed E-state index contributed by atoms with van der Waals surface area (Å²) in [4.78, 5) is 5.53. The van der Waals surface area contributed by atoms with Gasteiger partial charge in [0.1, 0.15) is 0 Å². The molecular formula is C36H72N2. The molecule has 1 heterocycles. The topological polar surface area (TPSA) is 6.48 Å². The van der Waals surface area contributed by atoms with Crippen LogP contribution in [0.2, 0.25) is 0 Å². The van der Waals surface area contributed by atoms with E-state index in [1.807, 2.05) is 0 Å². The lowest BCUT2D eigenvalue weighted by molar-refractivity contribution is 0.217. The molecule has 1 aliphatic heterocycles. The fourth-order valence-electron chi connectivity index (χ4n) is 6.92. The number of nitrogens with zero attached hydrogens (tertiary/aromatic N) is 2. The van der Waals surface area contributed by atoms with Gasteiger partial charge >= 0.3 is 0 Å². The zero-order chi connectivity index (χ0) is 26.9. The molecule has 0 aromatic carbocycles. The summed E-state index contributed by atoms with van der Waals surface area (Å²) in [5.74, 6) is 2.25. The van der Waals surface area contributed by atoms with Crippen LogP contribution in [0.4, 0.5) is 0 Å². The lowest BCUT2D eigenvalue weighted by Gasteiger charge is -2.25. The Morgan fingerprint density at radius 2 is 0.868 bits per heavy atom. The molecule has 2 rings (SSSR count). The monoisotopic (exact) mass is 533 g/mol. The number of unbranched alkanes of at least 4 members (excludes halogenated alkanes) is 18. The first kappa shape index (κ1) is 34.1. The Hall–Kier alpha value is -0.0800. The highest BCUT2D eigenvalue weighted by molar-refractivity contribution is 4.85. The van der Waals surface area contributed by atoms with Crippen LogP contribution in [0.1, 0.15) is 181 Å². The van der Waals surface area contributed by atoms with Crippen molar-refractivity contribution in [3.63, 3.8) is 0 Å². The van der Waals surface area contributed by atoms with E-state index in [-0.39, 0.29) is 0 Å². The van der Waals surface area contributed by atoms with Gasteiger partial charge in [0.15, 0.2) is 0 Å². The fourth-order valence-corrected chi connectivity index (χ4v) is 6.92. The summed E-state index contributed by atoms with van der Waals surface area (Å²) in [6, 6.07) is 0. The minimum atomic E-state index is 1.13. The summed E-state index contributed by atoms with van der Waals surface area (Å²) in [6.45, 7) is 12.7. The largest absolute Gasteiger partial charge is 0.302 e. The Morgan fingerprint density at radius 3 is 1.32 bits per heavy atom. The minimum Gasteiger partial charge on any atom is -0.302 e. The van der Waals surface area contributed by atoms with Crippen molar-refractivity contribution < 1.29 is 0 Å². The molecule has 0 aromatic heterocycles. The third-order valence-electron chi connectivity index (χ3n) is 9.81. The molecule has 2 fully saturated rings. The molecule has 0 spiro atoms. The van der Waals surface area contributed by atoms with Gasteiger partial charge in [-0.3, -0.25) is 0 Å². The minimum absolute atomic E-state index is 1.13. The van der Waals surface area contributed by atoms with Gasteiger partial charge in [0.25, 0.3) is 0 Å². The SMILES string of the molecule is CCCCCCCCCCN(CCCCCCCCCCC1CC1CCCCCCC)CCN1CCCC1. The zero-order valence-corrected chi connectivity index (χ0v) is 26.7. The van der Waals surface area contributed by atoms with E-state index < -0.39 is 0 Å².